The van der Waals surface area contributed by atoms with Gasteiger partial charge in [-0.05, 0) is 59.9 Å². The zero-order valence-electron chi connectivity index (χ0n) is 20.0. The lowest BCUT2D eigenvalue weighted by atomic mass is 10.0. The zero-order valence-corrected chi connectivity index (χ0v) is 20.0. The van der Waals surface area contributed by atoms with Gasteiger partial charge in [0.15, 0.2) is 0 Å². The number of hydrogen-bond acceptors (Lipinski definition) is 4. The predicted octanol–water partition coefficient (Wildman–Crippen LogP) is 4.74. The van der Waals surface area contributed by atoms with Crippen LogP contribution in [0.2, 0.25) is 0 Å². The van der Waals surface area contributed by atoms with Gasteiger partial charge in [0.2, 0.25) is 5.91 Å². The van der Waals surface area contributed by atoms with Crippen LogP contribution in [0, 0.1) is 5.92 Å². The van der Waals surface area contributed by atoms with Crippen LogP contribution >= 0.6 is 0 Å². The molecule has 0 spiro atoms. The van der Waals surface area contributed by atoms with Crippen LogP contribution in [-0.2, 0) is 4.79 Å². The molecule has 3 aromatic rings. The Morgan fingerprint density at radius 3 is 2.09 bits per heavy atom. The smallest absolute Gasteiger partial charge is 0.251 e. The van der Waals surface area contributed by atoms with E-state index in [2.05, 4.69) is 16.0 Å². The molecule has 0 bridgehead atoms. The summed E-state index contributed by atoms with van der Waals surface area (Å²) in [5, 5.41) is 9.10. The topological polar surface area (TPSA) is 79.5 Å². The molecule has 0 aliphatic carbocycles. The van der Waals surface area contributed by atoms with Crippen molar-refractivity contribution in [3.8, 4) is 16.9 Å². The van der Waals surface area contributed by atoms with Crippen molar-refractivity contribution < 1.29 is 14.3 Å². The van der Waals surface area contributed by atoms with Crippen LogP contribution in [0.5, 0.6) is 5.75 Å². The van der Waals surface area contributed by atoms with Gasteiger partial charge in [0.1, 0.15) is 11.8 Å². The van der Waals surface area contributed by atoms with Crippen LogP contribution in [0.4, 0.5) is 5.69 Å². The standard InChI is InChI=1S/C28H33N3O3/c1-20(2)19-26(28(33)30-18-17-29-24-13-15-25(34-3)16-14-24)31-27(32)23-11-9-22(10-12-23)21-7-5-4-6-8-21/h4-16,20,26,29H,17-19H2,1-3H3,(H,30,33)(H,31,32). The number of amides is 2. The molecule has 0 radical (unpaired) electrons. The highest BCUT2D eigenvalue weighted by Gasteiger charge is 2.22. The Morgan fingerprint density at radius 2 is 1.47 bits per heavy atom. The van der Waals surface area contributed by atoms with Crippen molar-refractivity contribution in [3.05, 3.63) is 84.4 Å². The molecule has 1 unspecified atom stereocenters. The first-order chi connectivity index (χ1) is 16.5. The van der Waals surface area contributed by atoms with Gasteiger partial charge >= 0.3 is 0 Å². The summed E-state index contributed by atoms with van der Waals surface area (Å²) in [6, 6.07) is 24.4. The molecule has 0 saturated carbocycles. The van der Waals surface area contributed by atoms with Gasteiger partial charge in [0.25, 0.3) is 5.91 Å². The van der Waals surface area contributed by atoms with Crippen LogP contribution in [0.3, 0.4) is 0 Å². The minimum atomic E-state index is -0.595. The number of nitrogens with one attached hydrogen (secondary N) is 3. The fourth-order valence-corrected chi connectivity index (χ4v) is 3.61. The Kier molecular flexibility index (Phi) is 9.09. The third-order valence-electron chi connectivity index (χ3n) is 5.43. The SMILES string of the molecule is COc1ccc(NCCNC(=O)C(CC(C)C)NC(=O)c2ccc(-c3ccccc3)cc2)cc1. The van der Waals surface area contributed by atoms with Crippen LogP contribution in [0.15, 0.2) is 78.9 Å². The normalized spacial score (nSPS) is 11.5. The van der Waals surface area contributed by atoms with Gasteiger partial charge in [-0.15, -0.1) is 0 Å². The van der Waals surface area contributed by atoms with Crippen LogP contribution < -0.4 is 20.7 Å². The van der Waals surface area contributed by atoms with Gasteiger partial charge in [0, 0.05) is 24.3 Å². The molecule has 3 aromatic carbocycles. The minimum absolute atomic E-state index is 0.181. The summed E-state index contributed by atoms with van der Waals surface area (Å²) in [5.41, 5.74) is 3.61. The molecule has 178 valence electrons. The van der Waals surface area contributed by atoms with Gasteiger partial charge in [-0.3, -0.25) is 9.59 Å². The molecular weight excluding hydrogens is 426 g/mol. The lowest BCUT2D eigenvalue weighted by molar-refractivity contribution is -0.123. The molecule has 1 atom stereocenters. The monoisotopic (exact) mass is 459 g/mol. The van der Waals surface area contributed by atoms with E-state index in [1.807, 2.05) is 80.6 Å². The fourth-order valence-electron chi connectivity index (χ4n) is 3.61. The number of carbonyl (C=O) groups is 2. The highest BCUT2D eigenvalue weighted by molar-refractivity contribution is 5.97. The van der Waals surface area contributed by atoms with Gasteiger partial charge in [-0.1, -0.05) is 56.3 Å². The number of benzene rings is 3. The van der Waals surface area contributed by atoms with E-state index in [-0.39, 0.29) is 17.7 Å². The quantitative estimate of drug-likeness (QED) is 0.362. The molecule has 0 aliphatic rings. The molecule has 6 heteroatoms. The third-order valence-corrected chi connectivity index (χ3v) is 5.43. The van der Waals surface area contributed by atoms with Crippen molar-refractivity contribution in [2.24, 2.45) is 5.92 Å². The van der Waals surface area contributed by atoms with E-state index >= 15 is 0 Å². The maximum absolute atomic E-state index is 12.8. The minimum Gasteiger partial charge on any atom is -0.497 e. The third kappa shape index (κ3) is 7.37. The highest BCUT2D eigenvalue weighted by Crippen LogP contribution is 2.19. The largest absolute Gasteiger partial charge is 0.497 e. The summed E-state index contributed by atoms with van der Waals surface area (Å²) < 4.78 is 5.15. The Hall–Kier alpha value is -3.80. The molecule has 3 N–H and O–H groups in total. The first-order valence-corrected chi connectivity index (χ1v) is 11.6. The number of carbonyl (C=O) groups excluding carboxylic acids is 2. The summed E-state index contributed by atoms with van der Waals surface area (Å²) in [6.07, 6.45) is 0.561. The van der Waals surface area contributed by atoms with E-state index in [1.54, 1.807) is 19.2 Å². The number of ether oxygens (including phenoxy) is 1. The summed E-state index contributed by atoms with van der Waals surface area (Å²) in [5.74, 6) is 0.617. The molecular formula is C28H33N3O3. The van der Waals surface area contributed by atoms with E-state index in [4.69, 9.17) is 4.74 Å². The van der Waals surface area contributed by atoms with Crippen LogP contribution in [0.25, 0.3) is 11.1 Å². The molecule has 0 heterocycles. The van der Waals surface area contributed by atoms with Gasteiger partial charge in [0.05, 0.1) is 7.11 Å². The Labute approximate surface area is 201 Å². The van der Waals surface area contributed by atoms with Crippen molar-refractivity contribution in [3.63, 3.8) is 0 Å². The van der Waals surface area contributed by atoms with Gasteiger partial charge < -0.3 is 20.7 Å². The van der Waals surface area contributed by atoms with E-state index in [0.29, 0.717) is 25.1 Å². The van der Waals surface area contributed by atoms with E-state index in [0.717, 1.165) is 22.6 Å². The molecule has 2 amide bonds. The molecule has 0 fully saturated rings. The molecule has 6 nitrogen and oxygen atoms in total. The maximum atomic E-state index is 12.8. The number of hydrogen-bond donors (Lipinski definition) is 3. The summed E-state index contributed by atoms with van der Waals surface area (Å²) in [4.78, 5) is 25.7. The second kappa shape index (κ2) is 12.4. The van der Waals surface area contributed by atoms with E-state index in [9.17, 15) is 9.59 Å². The molecule has 0 saturated heterocycles. The van der Waals surface area contributed by atoms with Crippen molar-refractivity contribution in [2.75, 3.05) is 25.5 Å². The molecule has 34 heavy (non-hydrogen) atoms. The molecule has 0 aliphatic heterocycles. The Morgan fingerprint density at radius 1 is 0.824 bits per heavy atom. The molecule has 0 aromatic heterocycles. The number of anilines is 1. The first-order valence-electron chi connectivity index (χ1n) is 11.6. The Bertz CT molecular complexity index is 1050. The lowest BCUT2D eigenvalue weighted by Gasteiger charge is -2.20. The fraction of sp³-hybridized carbons (Fsp3) is 0.286. The van der Waals surface area contributed by atoms with Crippen molar-refractivity contribution in [2.45, 2.75) is 26.3 Å². The average molecular weight is 460 g/mol. The van der Waals surface area contributed by atoms with Crippen molar-refractivity contribution >= 4 is 17.5 Å². The highest BCUT2D eigenvalue weighted by atomic mass is 16.5. The van der Waals surface area contributed by atoms with E-state index in [1.165, 1.54) is 0 Å². The Balaban J connectivity index is 1.53. The number of rotatable bonds is 11. The number of methoxy groups -OCH3 is 1. The average Bonchev–Trinajstić information content (AvgIpc) is 2.86. The van der Waals surface area contributed by atoms with Crippen LogP contribution in [-0.4, -0.2) is 38.1 Å². The summed E-state index contributed by atoms with van der Waals surface area (Å²) >= 11 is 0. The van der Waals surface area contributed by atoms with Gasteiger partial charge in [-0.2, -0.15) is 0 Å². The van der Waals surface area contributed by atoms with Gasteiger partial charge in [-0.25, -0.2) is 0 Å². The predicted molar refractivity (Wildman–Crippen MR) is 137 cm³/mol. The van der Waals surface area contributed by atoms with E-state index < -0.39 is 6.04 Å². The summed E-state index contributed by atoms with van der Waals surface area (Å²) in [6.45, 7) is 5.08. The first kappa shape index (κ1) is 24.8. The maximum Gasteiger partial charge on any atom is 0.251 e. The second-order valence-corrected chi connectivity index (χ2v) is 8.55. The molecule has 3 rings (SSSR count). The van der Waals surface area contributed by atoms with Crippen LogP contribution in [0.1, 0.15) is 30.6 Å². The van der Waals surface area contributed by atoms with Crippen molar-refractivity contribution in [1.29, 1.82) is 0 Å². The second-order valence-electron chi connectivity index (χ2n) is 8.55. The van der Waals surface area contributed by atoms with Crippen molar-refractivity contribution in [1.82, 2.24) is 10.6 Å². The lowest BCUT2D eigenvalue weighted by Crippen LogP contribution is -2.48. The zero-order chi connectivity index (χ0) is 24.3. The summed E-state index contributed by atoms with van der Waals surface area (Å²) in [7, 11) is 1.63.